The maximum atomic E-state index is 12.0. The van der Waals surface area contributed by atoms with E-state index in [2.05, 4.69) is 20.6 Å². The lowest BCUT2D eigenvalue weighted by Gasteiger charge is -2.02. The summed E-state index contributed by atoms with van der Waals surface area (Å²) in [6.07, 6.45) is 2.03. The van der Waals surface area contributed by atoms with Gasteiger partial charge < -0.3 is 4.42 Å². The zero-order chi connectivity index (χ0) is 15.4. The molecule has 0 saturated carbocycles. The van der Waals surface area contributed by atoms with Gasteiger partial charge in [0.2, 0.25) is 11.6 Å². The number of carbonyl (C=O) groups is 2. The first-order chi connectivity index (χ1) is 10.7. The second-order valence-electron chi connectivity index (χ2n) is 4.70. The van der Waals surface area contributed by atoms with Crippen molar-refractivity contribution in [3.05, 3.63) is 65.4 Å². The fourth-order valence-electron chi connectivity index (χ4n) is 2.10. The summed E-state index contributed by atoms with van der Waals surface area (Å²) in [6, 6.07) is 11.4. The van der Waals surface area contributed by atoms with Crippen LogP contribution in [0.5, 0.6) is 0 Å². The molecular formula is C15H12N4O3. The van der Waals surface area contributed by atoms with Gasteiger partial charge in [0.15, 0.2) is 0 Å². The van der Waals surface area contributed by atoms with Crippen LogP contribution in [-0.2, 0) is 17.6 Å². The fraction of sp³-hybridized carbons (Fsp3) is 0.133. The summed E-state index contributed by atoms with van der Waals surface area (Å²) >= 11 is 0. The van der Waals surface area contributed by atoms with Crippen molar-refractivity contribution in [2.75, 3.05) is 0 Å². The van der Waals surface area contributed by atoms with Crippen LogP contribution < -0.4 is 0 Å². The molecule has 0 amide bonds. The molecule has 7 heteroatoms. The van der Waals surface area contributed by atoms with Gasteiger partial charge in [-0.05, 0) is 16.8 Å². The van der Waals surface area contributed by atoms with Gasteiger partial charge in [-0.3, -0.25) is 9.59 Å². The molecule has 22 heavy (non-hydrogen) atoms. The molecule has 0 aliphatic heterocycles. The molecule has 0 unspecified atom stereocenters. The van der Waals surface area contributed by atoms with Crippen LogP contribution in [0.1, 0.15) is 27.5 Å². The third kappa shape index (κ3) is 2.98. The zero-order valence-corrected chi connectivity index (χ0v) is 11.5. The standard InChI is InChI=1S/C15H12N4O3/c20-12(14(21)15-16-18-19-17-15)9-11-6-7-22-13(11)8-10-4-2-1-3-5-10/h1-7H,8-9H2,(H,16,17,18,19). The minimum atomic E-state index is -0.763. The Morgan fingerprint density at radius 2 is 1.95 bits per heavy atom. The first-order valence-corrected chi connectivity index (χ1v) is 6.64. The predicted molar refractivity (Wildman–Crippen MR) is 75.2 cm³/mol. The number of tetrazole rings is 1. The smallest absolute Gasteiger partial charge is 0.269 e. The van der Waals surface area contributed by atoms with Crippen molar-refractivity contribution in [2.24, 2.45) is 0 Å². The van der Waals surface area contributed by atoms with Crippen LogP contribution in [0.2, 0.25) is 0 Å². The first-order valence-electron chi connectivity index (χ1n) is 6.64. The van der Waals surface area contributed by atoms with Gasteiger partial charge in [0.1, 0.15) is 5.76 Å². The van der Waals surface area contributed by atoms with Gasteiger partial charge in [0, 0.05) is 18.4 Å². The number of aromatic amines is 1. The summed E-state index contributed by atoms with van der Waals surface area (Å²) < 4.78 is 5.43. The minimum absolute atomic E-state index is 0.0496. The van der Waals surface area contributed by atoms with E-state index in [0.717, 1.165) is 5.56 Å². The van der Waals surface area contributed by atoms with Gasteiger partial charge in [0.25, 0.3) is 5.78 Å². The van der Waals surface area contributed by atoms with Crippen LogP contribution >= 0.6 is 0 Å². The van der Waals surface area contributed by atoms with E-state index in [1.54, 1.807) is 6.07 Å². The number of carbonyl (C=O) groups excluding carboxylic acids is 2. The normalized spacial score (nSPS) is 10.5. The van der Waals surface area contributed by atoms with Crippen molar-refractivity contribution < 1.29 is 14.0 Å². The Balaban J connectivity index is 1.72. The van der Waals surface area contributed by atoms with Gasteiger partial charge in [-0.25, -0.2) is 0 Å². The average molecular weight is 296 g/mol. The van der Waals surface area contributed by atoms with Crippen molar-refractivity contribution in [1.29, 1.82) is 0 Å². The lowest BCUT2D eigenvalue weighted by molar-refractivity contribution is -0.114. The summed E-state index contributed by atoms with van der Waals surface area (Å²) in [7, 11) is 0. The maximum Gasteiger partial charge on any atom is 0.269 e. The van der Waals surface area contributed by atoms with E-state index in [9.17, 15) is 9.59 Å². The number of rotatable bonds is 6. The van der Waals surface area contributed by atoms with E-state index in [-0.39, 0.29) is 12.2 Å². The molecular weight excluding hydrogens is 284 g/mol. The molecule has 2 heterocycles. The Morgan fingerprint density at radius 1 is 1.14 bits per heavy atom. The van der Waals surface area contributed by atoms with Crippen molar-refractivity contribution in [3.63, 3.8) is 0 Å². The van der Waals surface area contributed by atoms with E-state index in [0.29, 0.717) is 17.7 Å². The lowest BCUT2D eigenvalue weighted by Crippen LogP contribution is -2.18. The highest BCUT2D eigenvalue weighted by Gasteiger charge is 2.22. The van der Waals surface area contributed by atoms with Gasteiger partial charge in [-0.15, -0.1) is 10.2 Å². The highest BCUT2D eigenvalue weighted by molar-refractivity contribution is 6.43. The highest BCUT2D eigenvalue weighted by Crippen LogP contribution is 2.17. The number of hydrogen-bond donors (Lipinski definition) is 1. The van der Waals surface area contributed by atoms with Crippen LogP contribution in [0, 0.1) is 0 Å². The molecule has 0 aliphatic rings. The SMILES string of the molecule is O=C(Cc1ccoc1Cc1ccccc1)C(=O)c1nn[nH]n1. The molecule has 0 spiro atoms. The van der Waals surface area contributed by atoms with Crippen molar-refractivity contribution in [1.82, 2.24) is 20.6 Å². The molecule has 0 bridgehead atoms. The predicted octanol–water partition coefficient (Wildman–Crippen LogP) is 1.38. The summed E-state index contributed by atoms with van der Waals surface area (Å²) in [4.78, 5) is 23.8. The first kappa shape index (κ1) is 13.9. The molecule has 0 atom stereocenters. The number of furan rings is 1. The van der Waals surface area contributed by atoms with Gasteiger partial charge in [0.05, 0.1) is 6.26 Å². The summed E-state index contributed by atoms with van der Waals surface area (Å²) in [5, 5.41) is 12.4. The van der Waals surface area contributed by atoms with E-state index >= 15 is 0 Å². The second kappa shape index (κ2) is 6.13. The topological polar surface area (TPSA) is 102 Å². The third-order valence-corrected chi connectivity index (χ3v) is 3.20. The van der Waals surface area contributed by atoms with Gasteiger partial charge in [-0.2, -0.15) is 5.21 Å². The molecule has 1 aromatic carbocycles. The molecule has 0 fully saturated rings. The van der Waals surface area contributed by atoms with E-state index in [1.807, 2.05) is 30.3 Å². The Labute approximate surface area is 125 Å². The molecule has 0 radical (unpaired) electrons. The summed E-state index contributed by atoms with van der Waals surface area (Å²) in [6.45, 7) is 0. The summed E-state index contributed by atoms with van der Waals surface area (Å²) in [5.41, 5.74) is 1.75. The van der Waals surface area contributed by atoms with Crippen LogP contribution in [0.15, 0.2) is 47.1 Å². The number of Topliss-reactive ketones (excluding diaryl/α,β-unsaturated/α-hetero) is 2. The van der Waals surface area contributed by atoms with Crippen LogP contribution in [0.3, 0.4) is 0 Å². The molecule has 7 nitrogen and oxygen atoms in total. The molecule has 110 valence electrons. The number of aromatic nitrogens is 4. The molecule has 1 N–H and O–H groups in total. The van der Waals surface area contributed by atoms with Gasteiger partial charge in [-0.1, -0.05) is 30.3 Å². The largest absolute Gasteiger partial charge is 0.469 e. The molecule has 3 rings (SSSR count). The number of H-pyrrole nitrogens is 1. The number of ketones is 2. The summed E-state index contributed by atoms with van der Waals surface area (Å²) in [5.74, 6) is -0.920. The van der Waals surface area contributed by atoms with Gasteiger partial charge >= 0.3 is 0 Å². The van der Waals surface area contributed by atoms with E-state index in [4.69, 9.17) is 4.42 Å². The lowest BCUT2D eigenvalue weighted by atomic mass is 10.0. The number of hydrogen-bond acceptors (Lipinski definition) is 6. The monoisotopic (exact) mass is 296 g/mol. The van der Waals surface area contributed by atoms with Crippen molar-refractivity contribution in [2.45, 2.75) is 12.8 Å². The van der Waals surface area contributed by atoms with Crippen LogP contribution in [0.25, 0.3) is 0 Å². The third-order valence-electron chi connectivity index (χ3n) is 3.20. The highest BCUT2D eigenvalue weighted by atomic mass is 16.3. The number of nitrogens with zero attached hydrogens (tertiary/aromatic N) is 3. The van der Waals surface area contributed by atoms with Crippen LogP contribution in [0.4, 0.5) is 0 Å². The van der Waals surface area contributed by atoms with Crippen LogP contribution in [-0.4, -0.2) is 32.2 Å². The Bertz CT molecular complexity index is 778. The molecule has 0 aliphatic carbocycles. The minimum Gasteiger partial charge on any atom is -0.469 e. The maximum absolute atomic E-state index is 12.0. The quantitative estimate of drug-likeness (QED) is 0.544. The molecule has 3 aromatic rings. The zero-order valence-electron chi connectivity index (χ0n) is 11.5. The fourth-order valence-corrected chi connectivity index (χ4v) is 2.10. The number of benzene rings is 1. The Morgan fingerprint density at radius 3 is 2.68 bits per heavy atom. The Kier molecular flexibility index (Phi) is 3.86. The van der Waals surface area contributed by atoms with E-state index < -0.39 is 11.6 Å². The van der Waals surface area contributed by atoms with Crippen molar-refractivity contribution >= 4 is 11.6 Å². The Hall–Kier alpha value is -3.09. The molecule has 0 saturated heterocycles. The average Bonchev–Trinajstić information content (AvgIpc) is 3.20. The molecule has 2 aromatic heterocycles. The van der Waals surface area contributed by atoms with Crippen molar-refractivity contribution in [3.8, 4) is 0 Å². The second-order valence-corrected chi connectivity index (χ2v) is 4.70. The van der Waals surface area contributed by atoms with E-state index in [1.165, 1.54) is 6.26 Å². The number of nitrogens with one attached hydrogen (secondary N) is 1.